The largest absolute Gasteiger partial charge is 0.357 e. The van der Waals surface area contributed by atoms with Gasteiger partial charge in [-0.25, -0.2) is 19.3 Å². The number of rotatable bonds is 2. The van der Waals surface area contributed by atoms with Crippen LogP contribution in [0.2, 0.25) is 0 Å². The van der Waals surface area contributed by atoms with E-state index in [1.165, 1.54) is 12.3 Å². The SMILES string of the molecule is Cc1nc(N2CCN(c3ccc(F)cn3)C(C)C2)c2[nH]ccc2n1. The molecule has 1 aliphatic heterocycles. The average Bonchev–Trinajstić information content (AvgIpc) is 3.03. The van der Waals surface area contributed by atoms with Gasteiger partial charge in [0.2, 0.25) is 0 Å². The van der Waals surface area contributed by atoms with Crippen molar-refractivity contribution in [2.75, 3.05) is 29.4 Å². The fourth-order valence-corrected chi connectivity index (χ4v) is 3.30. The van der Waals surface area contributed by atoms with Crippen LogP contribution in [-0.2, 0) is 0 Å². The highest BCUT2D eigenvalue weighted by Gasteiger charge is 2.27. The molecule has 0 amide bonds. The van der Waals surface area contributed by atoms with Gasteiger partial charge >= 0.3 is 0 Å². The molecule has 0 bridgehead atoms. The topological polar surface area (TPSA) is 60.9 Å². The summed E-state index contributed by atoms with van der Waals surface area (Å²) in [6.07, 6.45) is 3.16. The normalized spacial score (nSPS) is 18.4. The minimum atomic E-state index is -0.310. The maximum Gasteiger partial charge on any atom is 0.156 e. The first kappa shape index (κ1) is 14.9. The van der Waals surface area contributed by atoms with Gasteiger partial charge in [0, 0.05) is 31.9 Å². The molecule has 4 rings (SSSR count). The molecule has 0 spiro atoms. The Morgan fingerprint density at radius 2 is 2.08 bits per heavy atom. The molecule has 1 N–H and O–H groups in total. The first-order chi connectivity index (χ1) is 11.6. The van der Waals surface area contributed by atoms with E-state index in [0.717, 1.165) is 48.1 Å². The lowest BCUT2D eigenvalue weighted by Gasteiger charge is -2.41. The Bertz CT molecular complexity index is 859. The van der Waals surface area contributed by atoms with Crippen molar-refractivity contribution in [3.63, 3.8) is 0 Å². The maximum atomic E-state index is 13.1. The Morgan fingerprint density at radius 3 is 2.83 bits per heavy atom. The lowest BCUT2D eigenvalue weighted by Crippen LogP contribution is -2.52. The predicted molar refractivity (Wildman–Crippen MR) is 91.8 cm³/mol. The van der Waals surface area contributed by atoms with E-state index in [1.807, 2.05) is 19.2 Å². The highest BCUT2D eigenvalue weighted by molar-refractivity contribution is 5.86. The fraction of sp³-hybridized carbons (Fsp3) is 0.353. The number of fused-ring (bicyclic) bond motifs is 1. The Hall–Kier alpha value is -2.70. The summed E-state index contributed by atoms with van der Waals surface area (Å²) in [7, 11) is 0. The highest BCUT2D eigenvalue weighted by atomic mass is 19.1. The minimum Gasteiger partial charge on any atom is -0.357 e. The molecule has 3 aromatic heterocycles. The van der Waals surface area contributed by atoms with Gasteiger partial charge in [-0.3, -0.25) is 0 Å². The van der Waals surface area contributed by atoms with Gasteiger partial charge in [0.15, 0.2) is 5.82 Å². The van der Waals surface area contributed by atoms with Crippen molar-refractivity contribution in [3.8, 4) is 0 Å². The van der Waals surface area contributed by atoms with Crippen molar-refractivity contribution in [3.05, 3.63) is 42.2 Å². The number of nitrogens with zero attached hydrogens (tertiary/aromatic N) is 5. The molecule has 1 saturated heterocycles. The molecule has 124 valence electrons. The van der Waals surface area contributed by atoms with Gasteiger partial charge in [0.25, 0.3) is 0 Å². The average molecular weight is 326 g/mol. The molecular weight excluding hydrogens is 307 g/mol. The zero-order chi connectivity index (χ0) is 16.7. The summed E-state index contributed by atoms with van der Waals surface area (Å²) < 4.78 is 13.1. The summed E-state index contributed by atoms with van der Waals surface area (Å²) in [4.78, 5) is 21.0. The Kier molecular flexibility index (Phi) is 3.55. The number of piperazine rings is 1. The lowest BCUT2D eigenvalue weighted by atomic mass is 10.2. The van der Waals surface area contributed by atoms with Gasteiger partial charge in [-0.2, -0.15) is 0 Å². The number of aromatic amines is 1. The number of halogens is 1. The molecule has 1 atom stereocenters. The number of aryl methyl sites for hydroxylation is 1. The monoisotopic (exact) mass is 326 g/mol. The van der Waals surface area contributed by atoms with E-state index in [-0.39, 0.29) is 11.9 Å². The number of nitrogens with one attached hydrogen (secondary N) is 1. The van der Waals surface area contributed by atoms with E-state index in [2.05, 4.69) is 36.7 Å². The van der Waals surface area contributed by atoms with Crippen molar-refractivity contribution < 1.29 is 4.39 Å². The van der Waals surface area contributed by atoms with Gasteiger partial charge in [-0.15, -0.1) is 0 Å². The lowest BCUT2D eigenvalue weighted by molar-refractivity contribution is 0.541. The number of hydrogen-bond donors (Lipinski definition) is 1. The summed E-state index contributed by atoms with van der Waals surface area (Å²) in [6.45, 7) is 6.53. The van der Waals surface area contributed by atoms with Crippen LogP contribution in [0.1, 0.15) is 12.7 Å². The zero-order valence-corrected chi connectivity index (χ0v) is 13.7. The minimum absolute atomic E-state index is 0.247. The third-order valence-electron chi connectivity index (χ3n) is 4.43. The summed E-state index contributed by atoms with van der Waals surface area (Å²) in [5.41, 5.74) is 1.91. The van der Waals surface area contributed by atoms with Crippen LogP contribution in [0.25, 0.3) is 11.0 Å². The molecule has 0 radical (unpaired) electrons. The summed E-state index contributed by atoms with van der Waals surface area (Å²) in [6, 6.07) is 5.41. The van der Waals surface area contributed by atoms with Crippen molar-refractivity contribution in [1.29, 1.82) is 0 Å². The standard InChI is InChI=1S/C17H19FN6/c1-11-10-23(7-8-24(11)15-4-3-13(18)9-20-15)17-16-14(5-6-19-16)21-12(2)22-17/h3-6,9,11,19H,7-8,10H2,1-2H3. The van der Waals surface area contributed by atoms with Crippen molar-refractivity contribution in [2.45, 2.75) is 19.9 Å². The molecule has 7 heteroatoms. The predicted octanol–water partition coefficient (Wildman–Crippen LogP) is 2.52. The van der Waals surface area contributed by atoms with Gasteiger partial charge in [0.1, 0.15) is 23.0 Å². The van der Waals surface area contributed by atoms with Gasteiger partial charge in [-0.1, -0.05) is 0 Å². The second-order valence-electron chi connectivity index (χ2n) is 6.16. The smallest absolute Gasteiger partial charge is 0.156 e. The van der Waals surface area contributed by atoms with E-state index < -0.39 is 0 Å². The zero-order valence-electron chi connectivity index (χ0n) is 13.7. The first-order valence-electron chi connectivity index (χ1n) is 8.06. The number of H-pyrrole nitrogens is 1. The van der Waals surface area contributed by atoms with E-state index in [1.54, 1.807) is 6.07 Å². The van der Waals surface area contributed by atoms with Crippen LogP contribution in [0.5, 0.6) is 0 Å². The third-order valence-corrected chi connectivity index (χ3v) is 4.43. The molecule has 6 nitrogen and oxygen atoms in total. The number of hydrogen-bond acceptors (Lipinski definition) is 5. The van der Waals surface area contributed by atoms with Crippen molar-refractivity contribution in [2.24, 2.45) is 0 Å². The van der Waals surface area contributed by atoms with E-state index in [9.17, 15) is 4.39 Å². The molecule has 0 saturated carbocycles. The van der Waals surface area contributed by atoms with E-state index >= 15 is 0 Å². The van der Waals surface area contributed by atoms with Crippen LogP contribution in [-0.4, -0.2) is 45.6 Å². The summed E-state index contributed by atoms with van der Waals surface area (Å²) >= 11 is 0. The Balaban J connectivity index is 1.60. The van der Waals surface area contributed by atoms with Crippen LogP contribution in [0, 0.1) is 12.7 Å². The van der Waals surface area contributed by atoms with E-state index in [0.29, 0.717) is 0 Å². The third kappa shape index (κ3) is 2.55. The van der Waals surface area contributed by atoms with Crippen LogP contribution < -0.4 is 9.80 Å². The maximum absolute atomic E-state index is 13.1. The number of pyridine rings is 1. The van der Waals surface area contributed by atoms with Crippen LogP contribution in [0.15, 0.2) is 30.6 Å². The molecule has 0 aromatic carbocycles. The molecular formula is C17H19FN6. The molecule has 4 heterocycles. The molecule has 24 heavy (non-hydrogen) atoms. The highest BCUT2D eigenvalue weighted by Crippen LogP contribution is 2.26. The van der Waals surface area contributed by atoms with Crippen LogP contribution >= 0.6 is 0 Å². The molecule has 0 aliphatic carbocycles. The van der Waals surface area contributed by atoms with Gasteiger partial charge in [-0.05, 0) is 32.0 Å². The van der Waals surface area contributed by atoms with Crippen LogP contribution in [0.3, 0.4) is 0 Å². The number of anilines is 2. The van der Waals surface area contributed by atoms with Crippen molar-refractivity contribution in [1.82, 2.24) is 19.9 Å². The molecule has 1 unspecified atom stereocenters. The van der Waals surface area contributed by atoms with Gasteiger partial charge in [0.05, 0.1) is 11.7 Å². The fourth-order valence-electron chi connectivity index (χ4n) is 3.30. The second kappa shape index (κ2) is 5.74. The summed E-state index contributed by atoms with van der Waals surface area (Å²) in [5.74, 6) is 2.22. The van der Waals surface area contributed by atoms with Gasteiger partial charge < -0.3 is 14.8 Å². The Labute approximate surface area is 139 Å². The molecule has 3 aromatic rings. The molecule has 1 aliphatic rings. The second-order valence-corrected chi connectivity index (χ2v) is 6.16. The number of aromatic nitrogens is 4. The van der Waals surface area contributed by atoms with E-state index in [4.69, 9.17) is 0 Å². The first-order valence-corrected chi connectivity index (χ1v) is 8.06. The van der Waals surface area contributed by atoms with Crippen LogP contribution in [0.4, 0.5) is 16.0 Å². The molecule has 1 fully saturated rings. The quantitative estimate of drug-likeness (QED) is 0.784. The van der Waals surface area contributed by atoms with Crippen molar-refractivity contribution >= 4 is 22.7 Å². The Morgan fingerprint density at radius 1 is 1.21 bits per heavy atom. The summed E-state index contributed by atoms with van der Waals surface area (Å²) in [5, 5.41) is 0.